The molecule has 1 heterocycles. The van der Waals surface area contributed by atoms with Gasteiger partial charge in [-0.1, -0.05) is 48.6 Å². The summed E-state index contributed by atoms with van der Waals surface area (Å²) in [4.78, 5) is 16.9. The van der Waals surface area contributed by atoms with E-state index in [0.29, 0.717) is 40.9 Å². The van der Waals surface area contributed by atoms with E-state index in [-0.39, 0.29) is 5.91 Å². The molecule has 5 rings (SSSR count). The summed E-state index contributed by atoms with van der Waals surface area (Å²) in [7, 11) is 1.61. The lowest BCUT2D eigenvalue weighted by molar-refractivity contribution is 0.102. The molecule has 1 N–H and O–H groups in total. The van der Waals surface area contributed by atoms with Crippen molar-refractivity contribution in [2.45, 2.75) is 6.42 Å². The molecule has 3 aromatic carbocycles. The van der Waals surface area contributed by atoms with Crippen molar-refractivity contribution in [2.24, 2.45) is 0 Å². The van der Waals surface area contributed by atoms with Crippen LogP contribution in [0.2, 0.25) is 0 Å². The van der Waals surface area contributed by atoms with Crippen molar-refractivity contribution in [3.63, 3.8) is 0 Å². The van der Waals surface area contributed by atoms with Gasteiger partial charge in [0.05, 0.1) is 12.6 Å². The number of nitrogens with zero attached hydrogens (tertiary/aromatic N) is 1. The molecule has 0 spiro atoms. The maximum absolute atomic E-state index is 12.4. The standard InChI is InChI=1S/C31H26N2O4/c1-35-29-19-26-27(20-30(29)36-21-22-9-5-2-3-6-10-22)32-18-17-28(26)37-25-15-13-24(14-16-25)33-31(34)23-11-7-4-8-12-23/h2-5,7-20H,6,21H2,1H3,(H,33,34). The van der Waals surface area contributed by atoms with E-state index < -0.39 is 0 Å². The fourth-order valence-electron chi connectivity index (χ4n) is 3.91. The van der Waals surface area contributed by atoms with Crippen molar-refractivity contribution in [1.29, 1.82) is 0 Å². The number of fused-ring (bicyclic) bond motifs is 1. The zero-order valence-electron chi connectivity index (χ0n) is 20.4. The highest BCUT2D eigenvalue weighted by Gasteiger charge is 2.13. The first-order valence-corrected chi connectivity index (χ1v) is 12.0. The molecule has 6 heteroatoms. The Labute approximate surface area is 215 Å². The van der Waals surface area contributed by atoms with Gasteiger partial charge in [-0.2, -0.15) is 0 Å². The van der Waals surface area contributed by atoms with Crippen molar-refractivity contribution in [1.82, 2.24) is 4.98 Å². The number of amides is 1. The molecule has 0 unspecified atom stereocenters. The number of rotatable bonds is 8. The quantitative estimate of drug-likeness (QED) is 0.285. The lowest BCUT2D eigenvalue weighted by Crippen LogP contribution is -2.11. The minimum Gasteiger partial charge on any atom is -0.493 e. The molecule has 4 aromatic rings. The number of anilines is 1. The summed E-state index contributed by atoms with van der Waals surface area (Å²) in [5.41, 5.74) is 3.11. The van der Waals surface area contributed by atoms with Gasteiger partial charge in [0, 0.05) is 28.9 Å². The van der Waals surface area contributed by atoms with Gasteiger partial charge in [-0.25, -0.2) is 0 Å². The fraction of sp³-hybridized carbons (Fsp3) is 0.0968. The van der Waals surface area contributed by atoms with Gasteiger partial charge in [0.1, 0.15) is 18.1 Å². The third-order valence-electron chi connectivity index (χ3n) is 5.83. The van der Waals surface area contributed by atoms with Crippen molar-refractivity contribution in [3.8, 4) is 23.0 Å². The Hall–Kier alpha value is -4.84. The zero-order chi connectivity index (χ0) is 25.5. The number of aromatic nitrogens is 1. The van der Waals surface area contributed by atoms with Gasteiger partial charge in [0.2, 0.25) is 0 Å². The van der Waals surface area contributed by atoms with Crippen LogP contribution in [0.3, 0.4) is 0 Å². The first kappa shape index (κ1) is 23.9. The zero-order valence-corrected chi connectivity index (χ0v) is 20.4. The minimum absolute atomic E-state index is 0.164. The van der Waals surface area contributed by atoms with Gasteiger partial charge in [-0.05, 0) is 60.5 Å². The normalized spacial score (nSPS) is 12.5. The number of nitrogens with one attached hydrogen (secondary N) is 1. The minimum atomic E-state index is -0.164. The molecule has 37 heavy (non-hydrogen) atoms. The molecule has 1 amide bonds. The van der Waals surface area contributed by atoms with E-state index in [2.05, 4.69) is 22.5 Å². The average molecular weight is 491 g/mol. The van der Waals surface area contributed by atoms with E-state index in [9.17, 15) is 4.79 Å². The third kappa shape index (κ3) is 5.87. The predicted molar refractivity (Wildman–Crippen MR) is 146 cm³/mol. The summed E-state index contributed by atoms with van der Waals surface area (Å²) in [6.07, 6.45) is 12.9. The molecule has 0 saturated carbocycles. The molecule has 0 atom stereocenters. The number of ether oxygens (including phenoxy) is 3. The number of carbonyl (C=O) groups is 1. The largest absolute Gasteiger partial charge is 0.493 e. The van der Waals surface area contributed by atoms with E-state index >= 15 is 0 Å². The second-order valence-electron chi connectivity index (χ2n) is 8.37. The Bertz CT molecular complexity index is 1490. The van der Waals surface area contributed by atoms with E-state index in [0.717, 1.165) is 22.9 Å². The van der Waals surface area contributed by atoms with E-state index in [1.165, 1.54) is 0 Å². The number of pyridine rings is 1. The maximum atomic E-state index is 12.4. The van der Waals surface area contributed by atoms with Crippen LogP contribution in [0.1, 0.15) is 16.8 Å². The monoisotopic (exact) mass is 490 g/mol. The highest BCUT2D eigenvalue weighted by molar-refractivity contribution is 6.04. The molecule has 0 fully saturated rings. The van der Waals surface area contributed by atoms with Gasteiger partial charge < -0.3 is 19.5 Å². The lowest BCUT2D eigenvalue weighted by atomic mass is 10.1. The molecule has 1 aromatic heterocycles. The number of carbonyl (C=O) groups excluding carboxylic acids is 1. The number of benzene rings is 3. The Balaban J connectivity index is 1.32. The molecule has 1 aliphatic rings. The number of hydrogen-bond donors (Lipinski definition) is 1. The van der Waals surface area contributed by atoms with Crippen LogP contribution >= 0.6 is 0 Å². The number of methoxy groups -OCH3 is 1. The Morgan fingerprint density at radius 3 is 2.59 bits per heavy atom. The van der Waals surface area contributed by atoms with Gasteiger partial charge >= 0.3 is 0 Å². The van der Waals surface area contributed by atoms with Gasteiger partial charge in [0.25, 0.3) is 5.91 Å². The molecular formula is C31H26N2O4. The molecule has 6 nitrogen and oxygen atoms in total. The van der Waals surface area contributed by atoms with Crippen molar-refractivity contribution >= 4 is 22.5 Å². The number of allylic oxidation sites excluding steroid dienone is 4. The van der Waals surface area contributed by atoms with Gasteiger partial charge in [-0.15, -0.1) is 0 Å². The lowest BCUT2D eigenvalue weighted by Gasteiger charge is -2.14. The second-order valence-corrected chi connectivity index (χ2v) is 8.37. The predicted octanol–water partition coefficient (Wildman–Crippen LogP) is 7.11. The smallest absolute Gasteiger partial charge is 0.255 e. The average Bonchev–Trinajstić information content (AvgIpc) is 3.22. The van der Waals surface area contributed by atoms with Crippen LogP contribution in [0.5, 0.6) is 23.0 Å². The summed E-state index contributed by atoms with van der Waals surface area (Å²) >= 11 is 0. The first-order chi connectivity index (χ1) is 18.2. The molecule has 0 aliphatic heterocycles. The van der Waals surface area contributed by atoms with Gasteiger partial charge in [0.15, 0.2) is 11.5 Å². The summed E-state index contributed by atoms with van der Waals surface area (Å²) in [6.45, 7) is 0.434. The molecule has 0 saturated heterocycles. The van der Waals surface area contributed by atoms with Crippen LogP contribution in [-0.2, 0) is 0 Å². The van der Waals surface area contributed by atoms with Crippen LogP contribution < -0.4 is 19.5 Å². The Morgan fingerprint density at radius 1 is 0.946 bits per heavy atom. The van der Waals surface area contributed by atoms with Crippen molar-refractivity contribution < 1.29 is 19.0 Å². The van der Waals surface area contributed by atoms with E-state index in [1.807, 2.05) is 66.8 Å². The van der Waals surface area contributed by atoms with Crippen molar-refractivity contribution in [3.05, 3.63) is 121 Å². The topological polar surface area (TPSA) is 69.7 Å². The summed E-state index contributed by atoms with van der Waals surface area (Å²) in [5, 5.41) is 3.69. The first-order valence-electron chi connectivity index (χ1n) is 12.0. The highest BCUT2D eigenvalue weighted by atomic mass is 16.5. The van der Waals surface area contributed by atoms with Crippen LogP contribution in [0.15, 0.2) is 115 Å². The third-order valence-corrected chi connectivity index (χ3v) is 5.83. The number of hydrogen-bond acceptors (Lipinski definition) is 5. The van der Waals surface area contributed by atoms with Crippen LogP contribution in [-0.4, -0.2) is 24.6 Å². The maximum Gasteiger partial charge on any atom is 0.255 e. The van der Waals surface area contributed by atoms with Gasteiger partial charge in [-0.3, -0.25) is 9.78 Å². The fourth-order valence-corrected chi connectivity index (χ4v) is 3.91. The second kappa shape index (κ2) is 11.3. The SMILES string of the molecule is COc1cc2c(Oc3ccc(NC(=O)c4ccccc4)cc3)ccnc2cc1OCC1=CCC=CC=C1. The summed E-state index contributed by atoms with van der Waals surface area (Å²) in [5.74, 6) is 2.31. The van der Waals surface area contributed by atoms with E-state index in [1.54, 1.807) is 37.6 Å². The molecule has 184 valence electrons. The van der Waals surface area contributed by atoms with E-state index in [4.69, 9.17) is 14.2 Å². The molecule has 0 radical (unpaired) electrons. The van der Waals surface area contributed by atoms with Crippen LogP contribution in [0.4, 0.5) is 5.69 Å². The van der Waals surface area contributed by atoms with Crippen LogP contribution in [0.25, 0.3) is 10.9 Å². The Morgan fingerprint density at radius 2 is 1.78 bits per heavy atom. The summed E-state index contributed by atoms with van der Waals surface area (Å²) in [6, 6.07) is 21.9. The highest BCUT2D eigenvalue weighted by Crippen LogP contribution is 2.37. The summed E-state index contributed by atoms with van der Waals surface area (Å²) < 4.78 is 17.9. The molecule has 1 aliphatic carbocycles. The molecular weight excluding hydrogens is 464 g/mol. The Kier molecular flexibility index (Phi) is 7.27. The van der Waals surface area contributed by atoms with Crippen LogP contribution in [0, 0.1) is 0 Å². The molecule has 0 bridgehead atoms. The van der Waals surface area contributed by atoms with Crippen molar-refractivity contribution in [2.75, 3.05) is 19.0 Å².